The summed E-state index contributed by atoms with van der Waals surface area (Å²) >= 11 is 6.16. The van der Waals surface area contributed by atoms with E-state index in [1.807, 2.05) is 35.0 Å². The molecule has 1 fully saturated rings. The highest BCUT2D eigenvalue weighted by Crippen LogP contribution is 2.29. The third-order valence-electron chi connectivity index (χ3n) is 5.00. The fourth-order valence-corrected chi connectivity index (χ4v) is 3.52. The number of methoxy groups -OCH3 is 1. The third kappa shape index (κ3) is 3.71. The van der Waals surface area contributed by atoms with Crippen molar-refractivity contribution >= 4 is 41.2 Å². The lowest BCUT2D eigenvalue weighted by molar-refractivity contribution is -0.122. The summed E-state index contributed by atoms with van der Waals surface area (Å²) in [6.07, 6.45) is 3.27. The SMILES string of the molecule is COc1ccc(-n2cccc2/C=C2\C(=O)NC(=O)N(c3cccc(Cl)c3C)C2=O)cc1. The Morgan fingerprint density at radius 1 is 1.00 bits per heavy atom. The average molecular weight is 436 g/mol. The molecule has 156 valence electrons. The predicted molar refractivity (Wildman–Crippen MR) is 118 cm³/mol. The van der Waals surface area contributed by atoms with Crippen LogP contribution in [0.15, 0.2) is 66.4 Å². The topological polar surface area (TPSA) is 80.6 Å². The van der Waals surface area contributed by atoms with Crippen molar-refractivity contribution in [2.24, 2.45) is 0 Å². The Morgan fingerprint density at radius 2 is 1.74 bits per heavy atom. The van der Waals surface area contributed by atoms with Gasteiger partial charge in [-0.3, -0.25) is 14.9 Å². The molecule has 0 bridgehead atoms. The molecule has 0 radical (unpaired) electrons. The van der Waals surface area contributed by atoms with Gasteiger partial charge in [0.2, 0.25) is 0 Å². The maximum Gasteiger partial charge on any atom is 0.335 e. The Morgan fingerprint density at radius 3 is 2.45 bits per heavy atom. The lowest BCUT2D eigenvalue weighted by Crippen LogP contribution is -2.54. The first-order valence-electron chi connectivity index (χ1n) is 9.39. The quantitative estimate of drug-likeness (QED) is 0.494. The molecule has 1 aromatic heterocycles. The molecule has 1 saturated heterocycles. The van der Waals surface area contributed by atoms with Gasteiger partial charge in [0.05, 0.1) is 12.8 Å². The van der Waals surface area contributed by atoms with E-state index in [4.69, 9.17) is 16.3 Å². The van der Waals surface area contributed by atoms with E-state index < -0.39 is 17.8 Å². The second-order valence-corrected chi connectivity index (χ2v) is 7.25. The lowest BCUT2D eigenvalue weighted by Gasteiger charge is -2.27. The Kier molecular flexibility index (Phi) is 5.35. The molecule has 8 heteroatoms. The average Bonchev–Trinajstić information content (AvgIpc) is 3.22. The minimum Gasteiger partial charge on any atom is -0.497 e. The number of nitrogens with one attached hydrogen (secondary N) is 1. The molecule has 1 N–H and O–H groups in total. The van der Waals surface area contributed by atoms with Crippen LogP contribution in [0.4, 0.5) is 10.5 Å². The molecule has 31 heavy (non-hydrogen) atoms. The number of halogens is 1. The number of anilines is 1. The molecule has 1 aliphatic heterocycles. The van der Waals surface area contributed by atoms with Gasteiger partial charge in [0, 0.05) is 22.6 Å². The molecule has 0 unspecified atom stereocenters. The van der Waals surface area contributed by atoms with Gasteiger partial charge in [-0.25, -0.2) is 9.69 Å². The molecule has 4 amide bonds. The predicted octanol–water partition coefficient (Wildman–Crippen LogP) is 4.11. The van der Waals surface area contributed by atoms with E-state index in [-0.39, 0.29) is 5.57 Å². The normalized spacial score (nSPS) is 15.4. The molecule has 1 aliphatic rings. The minimum atomic E-state index is -0.817. The van der Waals surface area contributed by atoms with Crippen molar-refractivity contribution < 1.29 is 19.1 Å². The number of barbiturate groups is 1. The standard InChI is InChI=1S/C23H18ClN3O4/c1-14-19(24)6-3-7-20(14)27-22(29)18(21(28)25-23(27)30)13-16-5-4-12-26(16)15-8-10-17(31-2)11-9-15/h3-13H,1-2H3,(H,25,28,30)/b18-13+. The summed E-state index contributed by atoms with van der Waals surface area (Å²) in [6.45, 7) is 1.70. The van der Waals surface area contributed by atoms with Crippen LogP contribution < -0.4 is 15.0 Å². The fraction of sp³-hybridized carbons (Fsp3) is 0.0870. The van der Waals surface area contributed by atoms with Crippen molar-refractivity contribution in [3.05, 3.63) is 82.6 Å². The number of benzene rings is 2. The number of aromatic nitrogens is 1. The van der Waals surface area contributed by atoms with Crippen LogP contribution in [0.1, 0.15) is 11.3 Å². The van der Waals surface area contributed by atoms with Crippen LogP contribution in [-0.4, -0.2) is 29.5 Å². The summed E-state index contributed by atoms with van der Waals surface area (Å²) in [4.78, 5) is 39.1. The van der Waals surface area contributed by atoms with E-state index in [1.54, 1.807) is 44.4 Å². The summed E-state index contributed by atoms with van der Waals surface area (Å²) in [5.41, 5.74) is 2.13. The van der Waals surface area contributed by atoms with E-state index in [0.717, 1.165) is 10.6 Å². The smallest absolute Gasteiger partial charge is 0.335 e. The van der Waals surface area contributed by atoms with E-state index in [0.29, 0.717) is 27.7 Å². The Labute approximate surface area is 183 Å². The first kappa shape index (κ1) is 20.4. The number of hydrogen-bond acceptors (Lipinski definition) is 4. The maximum atomic E-state index is 13.2. The zero-order chi connectivity index (χ0) is 22.1. The second kappa shape index (κ2) is 8.12. The highest BCUT2D eigenvalue weighted by molar-refractivity contribution is 6.39. The van der Waals surface area contributed by atoms with Gasteiger partial charge < -0.3 is 9.30 Å². The van der Waals surface area contributed by atoms with Crippen molar-refractivity contribution in [2.75, 3.05) is 12.0 Å². The summed E-state index contributed by atoms with van der Waals surface area (Å²) < 4.78 is 7.00. The number of carbonyl (C=O) groups is 3. The fourth-order valence-electron chi connectivity index (χ4n) is 3.35. The van der Waals surface area contributed by atoms with Gasteiger partial charge in [0.25, 0.3) is 11.8 Å². The number of hydrogen-bond donors (Lipinski definition) is 1. The van der Waals surface area contributed by atoms with Crippen LogP contribution in [0.5, 0.6) is 5.75 Å². The summed E-state index contributed by atoms with van der Waals surface area (Å²) in [6, 6.07) is 15.0. The van der Waals surface area contributed by atoms with Crippen molar-refractivity contribution in [2.45, 2.75) is 6.92 Å². The van der Waals surface area contributed by atoms with Crippen LogP contribution >= 0.6 is 11.6 Å². The van der Waals surface area contributed by atoms with Crippen molar-refractivity contribution in [3.63, 3.8) is 0 Å². The van der Waals surface area contributed by atoms with E-state index >= 15 is 0 Å². The highest BCUT2D eigenvalue weighted by atomic mass is 35.5. The Bertz CT molecular complexity index is 1230. The van der Waals surface area contributed by atoms with Crippen LogP contribution in [0, 0.1) is 6.92 Å². The van der Waals surface area contributed by atoms with Gasteiger partial charge in [0.1, 0.15) is 11.3 Å². The van der Waals surface area contributed by atoms with Crippen LogP contribution in [-0.2, 0) is 9.59 Å². The molecule has 2 heterocycles. The lowest BCUT2D eigenvalue weighted by atomic mass is 10.1. The number of imide groups is 2. The van der Waals surface area contributed by atoms with Gasteiger partial charge in [-0.05, 0) is 67.1 Å². The largest absolute Gasteiger partial charge is 0.497 e. The first-order chi connectivity index (χ1) is 14.9. The summed E-state index contributed by atoms with van der Waals surface area (Å²) in [5.74, 6) is -0.765. The van der Waals surface area contributed by atoms with Crippen LogP contribution in [0.25, 0.3) is 11.8 Å². The number of nitrogens with zero attached hydrogens (tertiary/aromatic N) is 2. The van der Waals surface area contributed by atoms with E-state index in [2.05, 4.69) is 5.32 Å². The second-order valence-electron chi connectivity index (χ2n) is 6.84. The van der Waals surface area contributed by atoms with Gasteiger partial charge in [-0.2, -0.15) is 0 Å². The highest BCUT2D eigenvalue weighted by Gasteiger charge is 2.37. The van der Waals surface area contributed by atoms with E-state index in [9.17, 15) is 14.4 Å². The number of rotatable bonds is 4. The molecule has 0 atom stereocenters. The molecule has 3 aromatic rings. The van der Waals surface area contributed by atoms with Gasteiger partial charge in [0.15, 0.2) is 0 Å². The molecule has 0 aliphatic carbocycles. The minimum absolute atomic E-state index is 0.160. The van der Waals surface area contributed by atoms with Crippen molar-refractivity contribution in [3.8, 4) is 11.4 Å². The first-order valence-corrected chi connectivity index (χ1v) is 9.77. The summed E-state index contributed by atoms with van der Waals surface area (Å²) in [7, 11) is 1.59. The van der Waals surface area contributed by atoms with Crippen LogP contribution in [0.2, 0.25) is 5.02 Å². The molecule has 0 spiro atoms. The molecule has 7 nitrogen and oxygen atoms in total. The molecule has 0 saturated carbocycles. The van der Waals surface area contributed by atoms with Gasteiger partial charge in [-0.1, -0.05) is 17.7 Å². The third-order valence-corrected chi connectivity index (χ3v) is 5.41. The van der Waals surface area contributed by atoms with Crippen LogP contribution in [0.3, 0.4) is 0 Å². The number of ether oxygens (including phenoxy) is 1. The molecule has 2 aromatic carbocycles. The van der Waals surface area contributed by atoms with Gasteiger partial charge in [-0.15, -0.1) is 0 Å². The number of carbonyl (C=O) groups excluding carboxylic acids is 3. The molecular formula is C23H18ClN3O4. The Balaban J connectivity index is 1.75. The summed E-state index contributed by atoms with van der Waals surface area (Å²) in [5, 5.41) is 2.64. The molecule has 4 rings (SSSR count). The number of urea groups is 1. The van der Waals surface area contributed by atoms with Gasteiger partial charge >= 0.3 is 6.03 Å². The zero-order valence-corrected chi connectivity index (χ0v) is 17.5. The maximum absolute atomic E-state index is 13.2. The van der Waals surface area contributed by atoms with Crippen molar-refractivity contribution in [1.82, 2.24) is 9.88 Å². The Hall–Kier alpha value is -3.84. The number of amides is 4. The van der Waals surface area contributed by atoms with Crippen molar-refractivity contribution in [1.29, 1.82) is 0 Å². The zero-order valence-electron chi connectivity index (χ0n) is 16.8. The van der Waals surface area contributed by atoms with E-state index in [1.165, 1.54) is 6.08 Å². The monoisotopic (exact) mass is 435 g/mol. The molecular weight excluding hydrogens is 418 g/mol.